The van der Waals surface area contributed by atoms with Crippen molar-refractivity contribution < 1.29 is 18.7 Å². The SMILES string of the molecule is O=C(Nc1cnc2ccc(N3CCCC3c3cc(F)ccc3F)nc2c1)N1CCC(O)C1. The van der Waals surface area contributed by atoms with Crippen molar-refractivity contribution in [2.24, 2.45) is 0 Å². The summed E-state index contributed by atoms with van der Waals surface area (Å²) in [6, 6.07) is 8.34. The van der Waals surface area contributed by atoms with Crippen LogP contribution in [0.3, 0.4) is 0 Å². The molecule has 2 aromatic heterocycles. The number of hydrogen-bond acceptors (Lipinski definition) is 5. The minimum absolute atomic E-state index is 0.292. The van der Waals surface area contributed by atoms with E-state index in [0.29, 0.717) is 60.6 Å². The predicted octanol–water partition coefficient (Wildman–Crippen LogP) is 3.85. The second-order valence-corrected chi connectivity index (χ2v) is 8.27. The number of fused-ring (bicyclic) bond motifs is 1. The molecule has 5 rings (SSSR count). The number of anilines is 2. The Labute approximate surface area is 183 Å². The van der Waals surface area contributed by atoms with Crippen LogP contribution in [0.15, 0.2) is 42.6 Å². The molecule has 2 fully saturated rings. The van der Waals surface area contributed by atoms with E-state index in [0.717, 1.165) is 18.6 Å². The predicted molar refractivity (Wildman–Crippen MR) is 116 cm³/mol. The summed E-state index contributed by atoms with van der Waals surface area (Å²) < 4.78 is 28.2. The van der Waals surface area contributed by atoms with E-state index in [1.165, 1.54) is 6.07 Å². The molecular formula is C23H23F2N5O2. The zero-order valence-corrected chi connectivity index (χ0v) is 17.3. The van der Waals surface area contributed by atoms with Gasteiger partial charge in [0.2, 0.25) is 0 Å². The van der Waals surface area contributed by atoms with Crippen LogP contribution in [0.4, 0.5) is 25.1 Å². The molecule has 2 atom stereocenters. The summed E-state index contributed by atoms with van der Waals surface area (Å²) in [5, 5.41) is 12.4. The third kappa shape index (κ3) is 3.95. The molecule has 0 spiro atoms. The number of urea groups is 1. The Hall–Kier alpha value is -3.33. The summed E-state index contributed by atoms with van der Waals surface area (Å²) in [7, 11) is 0. The normalized spacial score (nSPS) is 20.8. The van der Waals surface area contributed by atoms with Gasteiger partial charge in [-0.3, -0.25) is 4.98 Å². The lowest BCUT2D eigenvalue weighted by molar-refractivity contribution is 0.176. The summed E-state index contributed by atoms with van der Waals surface area (Å²) in [6.07, 6.45) is 3.19. The molecule has 4 heterocycles. The molecular weight excluding hydrogens is 416 g/mol. The molecule has 3 aromatic rings. The number of carbonyl (C=O) groups is 1. The summed E-state index contributed by atoms with van der Waals surface area (Å²) in [5.74, 6) is -0.241. The first kappa shape index (κ1) is 20.6. The number of nitrogens with one attached hydrogen (secondary N) is 1. The number of pyridine rings is 2. The lowest BCUT2D eigenvalue weighted by atomic mass is 10.0. The van der Waals surface area contributed by atoms with Crippen LogP contribution in [-0.4, -0.2) is 51.7 Å². The number of likely N-dealkylation sites (tertiary alicyclic amines) is 1. The Morgan fingerprint density at radius 2 is 1.97 bits per heavy atom. The second kappa shape index (κ2) is 8.31. The van der Waals surface area contributed by atoms with Gasteiger partial charge in [-0.25, -0.2) is 18.6 Å². The van der Waals surface area contributed by atoms with Crippen molar-refractivity contribution in [1.82, 2.24) is 14.9 Å². The minimum atomic E-state index is -0.490. The first-order chi connectivity index (χ1) is 15.5. The number of carbonyl (C=O) groups excluding carboxylic acids is 1. The minimum Gasteiger partial charge on any atom is -0.391 e. The molecule has 0 saturated carbocycles. The molecule has 1 aromatic carbocycles. The van der Waals surface area contributed by atoms with Gasteiger partial charge in [0.25, 0.3) is 0 Å². The highest BCUT2D eigenvalue weighted by Gasteiger charge is 2.30. The summed E-state index contributed by atoms with van der Waals surface area (Å²) in [6.45, 7) is 1.49. The van der Waals surface area contributed by atoms with Crippen LogP contribution in [0.25, 0.3) is 11.0 Å². The van der Waals surface area contributed by atoms with E-state index in [1.807, 2.05) is 17.0 Å². The first-order valence-corrected chi connectivity index (χ1v) is 10.7. The Morgan fingerprint density at radius 1 is 1.09 bits per heavy atom. The third-order valence-electron chi connectivity index (χ3n) is 6.09. The number of aromatic nitrogens is 2. The van der Waals surface area contributed by atoms with Crippen molar-refractivity contribution in [2.45, 2.75) is 31.4 Å². The fourth-order valence-corrected chi connectivity index (χ4v) is 4.49. The molecule has 0 radical (unpaired) electrons. The van der Waals surface area contributed by atoms with Gasteiger partial charge >= 0.3 is 6.03 Å². The smallest absolute Gasteiger partial charge is 0.321 e. The van der Waals surface area contributed by atoms with Crippen molar-refractivity contribution in [3.8, 4) is 0 Å². The molecule has 2 amide bonds. The largest absolute Gasteiger partial charge is 0.391 e. The molecule has 32 heavy (non-hydrogen) atoms. The van der Waals surface area contributed by atoms with Gasteiger partial charge in [-0.15, -0.1) is 0 Å². The lowest BCUT2D eigenvalue weighted by Crippen LogP contribution is -2.33. The van der Waals surface area contributed by atoms with Gasteiger partial charge in [-0.2, -0.15) is 0 Å². The maximum Gasteiger partial charge on any atom is 0.321 e. The van der Waals surface area contributed by atoms with Crippen molar-refractivity contribution in [1.29, 1.82) is 0 Å². The quantitative estimate of drug-likeness (QED) is 0.648. The Morgan fingerprint density at radius 3 is 2.78 bits per heavy atom. The second-order valence-electron chi connectivity index (χ2n) is 8.27. The molecule has 2 N–H and O–H groups in total. The zero-order chi connectivity index (χ0) is 22.2. The Kier molecular flexibility index (Phi) is 5.34. The van der Waals surface area contributed by atoms with Crippen molar-refractivity contribution in [3.05, 3.63) is 59.8 Å². The van der Waals surface area contributed by atoms with Gasteiger partial charge in [-0.05, 0) is 55.7 Å². The number of aliphatic hydroxyl groups is 1. The van der Waals surface area contributed by atoms with E-state index in [-0.39, 0.29) is 12.1 Å². The van der Waals surface area contributed by atoms with Gasteiger partial charge in [0.15, 0.2) is 0 Å². The average molecular weight is 439 g/mol. The summed E-state index contributed by atoms with van der Waals surface area (Å²) in [4.78, 5) is 25.0. The monoisotopic (exact) mass is 439 g/mol. The number of rotatable bonds is 3. The van der Waals surface area contributed by atoms with Crippen molar-refractivity contribution in [3.63, 3.8) is 0 Å². The lowest BCUT2D eigenvalue weighted by Gasteiger charge is -2.26. The molecule has 2 saturated heterocycles. The number of benzene rings is 1. The van der Waals surface area contributed by atoms with E-state index in [9.17, 15) is 18.7 Å². The van der Waals surface area contributed by atoms with Gasteiger partial charge in [0.05, 0.1) is 35.1 Å². The maximum absolute atomic E-state index is 14.4. The van der Waals surface area contributed by atoms with E-state index in [2.05, 4.69) is 10.3 Å². The molecule has 2 aliphatic rings. The van der Waals surface area contributed by atoms with Gasteiger partial charge in [0, 0.05) is 25.2 Å². The van der Waals surface area contributed by atoms with E-state index >= 15 is 0 Å². The molecule has 9 heteroatoms. The number of nitrogens with zero attached hydrogens (tertiary/aromatic N) is 4. The zero-order valence-electron chi connectivity index (χ0n) is 17.3. The topological polar surface area (TPSA) is 81.6 Å². The molecule has 0 aliphatic carbocycles. The molecule has 2 aliphatic heterocycles. The highest BCUT2D eigenvalue weighted by atomic mass is 19.1. The van der Waals surface area contributed by atoms with Crippen LogP contribution in [0.5, 0.6) is 0 Å². The van der Waals surface area contributed by atoms with Crippen LogP contribution in [0, 0.1) is 11.6 Å². The van der Waals surface area contributed by atoms with E-state index in [4.69, 9.17) is 4.98 Å². The van der Waals surface area contributed by atoms with Crippen molar-refractivity contribution in [2.75, 3.05) is 29.9 Å². The first-order valence-electron chi connectivity index (χ1n) is 10.7. The summed E-state index contributed by atoms with van der Waals surface area (Å²) >= 11 is 0. The number of hydrogen-bond donors (Lipinski definition) is 2. The molecule has 2 unspecified atom stereocenters. The standard InChI is InChI=1S/C23H23F2N5O2/c24-14-3-4-18(25)17(10-14)21-2-1-8-30(21)22-6-5-19-20(28-22)11-15(12-26-19)27-23(32)29-9-7-16(31)13-29/h3-6,10-12,16,21,31H,1-2,7-9,13H2,(H,27,32). The summed E-state index contributed by atoms with van der Waals surface area (Å²) in [5.41, 5.74) is 2.09. The Balaban J connectivity index is 1.41. The van der Waals surface area contributed by atoms with Gasteiger partial charge in [0.1, 0.15) is 17.5 Å². The average Bonchev–Trinajstić information content (AvgIpc) is 3.44. The maximum atomic E-state index is 14.4. The van der Waals surface area contributed by atoms with Crippen LogP contribution in [-0.2, 0) is 0 Å². The van der Waals surface area contributed by atoms with Crippen LogP contribution in [0.2, 0.25) is 0 Å². The number of amides is 2. The van der Waals surface area contributed by atoms with Crippen LogP contribution < -0.4 is 10.2 Å². The van der Waals surface area contributed by atoms with E-state index < -0.39 is 17.7 Å². The number of halogens is 2. The van der Waals surface area contributed by atoms with Crippen LogP contribution >= 0.6 is 0 Å². The number of aliphatic hydroxyl groups excluding tert-OH is 1. The fourth-order valence-electron chi connectivity index (χ4n) is 4.49. The van der Waals surface area contributed by atoms with Gasteiger partial charge in [-0.1, -0.05) is 0 Å². The fraction of sp³-hybridized carbons (Fsp3) is 0.348. The Bertz CT molecular complexity index is 1170. The van der Waals surface area contributed by atoms with Gasteiger partial charge < -0.3 is 20.2 Å². The molecule has 0 bridgehead atoms. The molecule has 166 valence electrons. The highest BCUT2D eigenvalue weighted by molar-refractivity contribution is 5.91. The number of β-amino-alcohol motifs (C(OH)–C–C–N with tert-alkyl or cyclic N) is 1. The van der Waals surface area contributed by atoms with Crippen molar-refractivity contribution >= 4 is 28.6 Å². The van der Waals surface area contributed by atoms with Crippen LogP contribution in [0.1, 0.15) is 30.9 Å². The van der Waals surface area contributed by atoms with E-state index in [1.54, 1.807) is 17.2 Å². The highest BCUT2D eigenvalue weighted by Crippen LogP contribution is 2.37. The molecule has 7 nitrogen and oxygen atoms in total. The third-order valence-corrected chi connectivity index (χ3v) is 6.09.